The zero-order valence-corrected chi connectivity index (χ0v) is 11.9. The van der Waals surface area contributed by atoms with E-state index < -0.39 is 0 Å². The van der Waals surface area contributed by atoms with Crippen LogP contribution in [0.15, 0.2) is 51.6 Å². The van der Waals surface area contributed by atoms with Crippen LogP contribution in [0.4, 0.5) is 0 Å². The van der Waals surface area contributed by atoms with Gasteiger partial charge >= 0.3 is 0 Å². The summed E-state index contributed by atoms with van der Waals surface area (Å²) < 4.78 is 6.56. The Bertz CT molecular complexity index is 484. The van der Waals surface area contributed by atoms with Gasteiger partial charge in [0.05, 0.1) is 12.3 Å². The highest BCUT2D eigenvalue weighted by molar-refractivity contribution is 9.10. The van der Waals surface area contributed by atoms with Gasteiger partial charge in [-0.05, 0) is 30.8 Å². The van der Waals surface area contributed by atoms with Gasteiger partial charge in [-0.3, -0.25) is 4.90 Å². The first-order valence-electron chi connectivity index (χ1n) is 5.89. The Balaban J connectivity index is 2.11. The maximum absolute atomic E-state index is 5.84. The van der Waals surface area contributed by atoms with Crippen molar-refractivity contribution in [2.24, 2.45) is 5.73 Å². The summed E-state index contributed by atoms with van der Waals surface area (Å²) in [7, 11) is 2.06. The summed E-state index contributed by atoms with van der Waals surface area (Å²) in [6, 6.07) is 12.2. The number of hydrogen-bond acceptors (Lipinski definition) is 3. The fourth-order valence-electron chi connectivity index (χ4n) is 2.00. The SMILES string of the molecule is CN(Cc1ccccc1Br)C(CN)c1ccco1. The van der Waals surface area contributed by atoms with E-state index in [1.807, 2.05) is 30.3 Å². The van der Waals surface area contributed by atoms with Crippen LogP contribution in [-0.4, -0.2) is 18.5 Å². The van der Waals surface area contributed by atoms with Gasteiger partial charge in [-0.15, -0.1) is 0 Å². The maximum Gasteiger partial charge on any atom is 0.122 e. The molecule has 0 aliphatic carbocycles. The Morgan fingerprint density at radius 1 is 1.28 bits per heavy atom. The van der Waals surface area contributed by atoms with E-state index in [-0.39, 0.29) is 6.04 Å². The first-order valence-corrected chi connectivity index (χ1v) is 6.68. The van der Waals surface area contributed by atoms with Crippen molar-refractivity contribution < 1.29 is 4.42 Å². The summed E-state index contributed by atoms with van der Waals surface area (Å²) >= 11 is 3.56. The van der Waals surface area contributed by atoms with E-state index in [9.17, 15) is 0 Å². The van der Waals surface area contributed by atoms with Crippen LogP contribution in [0.1, 0.15) is 17.4 Å². The van der Waals surface area contributed by atoms with Gasteiger partial charge in [0.2, 0.25) is 0 Å². The van der Waals surface area contributed by atoms with Crippen LogP contribution in [0, 0.1) is 0 Å². The average Bonchev–Trinajstić information content (AvgIpc) is 2.87. The second kappa shape index (κ2) is 6.18. The lowest BCUT2D eigenvalue weighted by Crippen LogP contribution is -2.30. The molecule has 0 aliphatic heterocycles. The monoisotopic (exact) mass is 308 g/mol. The van der Waals surface area contributed by atoms with Crippen LogP contribution in [0.3, 0.4) is 0 Å². The first kappa shape index (κ1) is 13.3. The van der Waals surface area contributed by atoms with Gasteiger partial charge in [-0.1, -0.05) is 34.1 Å². The van der Waals surface area contributed by atoms with E-state index in [0.717, 1.165) is 16.8 Å². The maximum atomic E-state index is 5.84. The third-order valence-electron chi connectivity index (χ3n) is 3.00. The Labute approximate surface area is 116 Å². The fraction of sp³-hybridized carbons (Fsp3) is 0.286. The molecular formula is C14H17BrN2O. The normalized spacial score (nSPS) is 12.9. The number of nitrogens with zero attached hydrogens (tertiary/aromatic N) is 1. The second-order valence-electron chi connectivity index (χ2n) is 4.27. The Kier molecular flexibility index (Phi) is 4.58. The van der Waals surface area contributed by atoms with E-state index >= 15 is 0 Å². The zero-order chi connectivity index (χ0) is 13.0. The number of likely N-dealkylation sites (N-methyl/N-ethyl adjacent to an activating group) is 1. The molecular weight excluding hydrogens is 292 g/mol. The number of halogens is 1. The van der Waals surface area contributed by atoms with Gasteiger partial charge in [-0.2, -0.15) is 0 Å². The largest absolute Gasteiger partial charge is 0.468 e. The molecule has 0 aliphatic rings. The minimum atomic E-state index is 0.104. The molecule has 18 heavy (non-hydrogen) atoms. The molecule has 1 unspecified atom stereocenters. The van der Waals surface area contributed by atoms with E-state index in [1.54, 1.807) is 6.26 Å². The van der Waals surface area contributed by atoms with Gasteiger partial charge in [0.1, 0.15) is 5.76 Å². The third kappa shape index (κ3) is 3.02. The Hall–Kier alpha value is -1.10. The molecule has 0 spiro atoms. The molecule has 1 aromatic heterocycles. The van der Waals surface area contributed by atoms with Crippen LogP contribution >= 0.6 is 15.9 Å². The first-order chi connectivity index (χ1) is 8.72. The van der Waals surface area contributed by atoms with E-state index in [1.165, 1.54) is 5.56 Å². The molecule has 1 atom stereocenters. The van der Waals surface area contributed by atoms with E-state index in [2.05, 4.69) is 33.9 Å². The zero-order valence-electron chi connectivity index (χ0n) is 10.3. The topological polar surface area (TPSA) is 42.4 Å². The highest BCUT2D eigenvalue weighted by Gasteiger charge is 2.18. The molecule has 2 aromatic rings. The predicted octanol–water partition coefficient (Wildman–Crippen LogP) is 3.17. The van der Waals surface area contributed by atoms with Crippen molar-refractivity contribution in [2.45, 2.75) is 12.6 Å². The minimum Gasteiger partial charge on any atom is -0.468 e. The predicted molar refractivity (Wildman–Crippen MR) is 76.1 cm³/mol. The lowest BCUT2D eigenvalue weighted by atomic mass is 10.1. The molecule has 1 heterocycles. The summed E-state index contributed by atoms with van der Waals surface area (Å²) in [6.45, 7) is 1.36. The summed E-state index contributed by atoms with van der Waals surface area (Å²) in [5, 5.41) is 0. The van der Waals surface area contributed by atoms with Crippen molar-refractivity contribution in [1.82, 2.24) is 4.90 Å². The molecule has 0 amide bonds. The molecule has 0 saturated heterocycles. The van der Waals surface area contributed by atoms with Crippen molar-refractivity contribution in [3.63, 3.8) is 0 Å². The number of nitrogens with two attached hydrogens (primary N) is 1. The molecule has 96 valence electrons. The molecule has 2 N–H and O–H groups in total. The van der Waals surface area contributed by atoms with Crippen molar-refractivity contribution in [3.05, 3.63) is 58.5 Å². The Morgan fingerprint density at radius 2 is 2.06 bits per heavy atom. The van der Waals surface area contributed by atoms with E-state index in [0.29, 0.717) is 6.54 Å². The average molecular weight is 309 g/mol. The molecule has 0 bridgehead atoms. The highest BCUT2D eigenvalue weighted by Crippen LogP contribution is 2.23. The van der Waals surface area contributed by atoms with Gasteiger partial charge in [-0.25, -0.2) is 0 Å². The molecule has 0 saturated carbocycles. The standard InChI is InChI=1S/C14H17BrN2O/c1-17(10-11-5-2-3-6-12(11)15)13(9-16)14-7-4-8-18-14/h2-8,13H,9-10,16H2,1H3. The smallest absolute Gasteiger partial charge is 0.122 e. The van der Waals surface area contributed by atoms with Crippen LogP contribution in [0.5, 0.6) is 0 Å². The molecule has 0 fully saturated rings. The summed E-state index contributed by atoms with van der Waals surface area (Å²) in [5.74, 6) is 0.909. The quantitative estimate of drug-likeness (QED) is 0.922. The van der Waals surface area contributed by atoms with Gasteiger partial charge < -0.3 is 10.2 Å². The number of benzene rings is 1. The minimum absolute atomic E-state index is 0.104. The lowest BCUT2D eigenvalue weighted by Gasteiger charge is -2.25. The summed E-state index contributed by atoms with van der Waals surface area (Å²) in [5.41, 5.74) is 7.08. The molecule has 3 nitrogen and oxygen atoms in total. The van der Waals surface area contributed by atoms with Crippen LogP contribution in [0.25, 0.3) is 0 Å². The van der Waals surface area contributed by atoms with E-state index in [4.69, 9.17) is 10.2 Å². The third-order valence-corrected chi connectivity index (χ3v) is 3.78. The Morgan fingerprint density at radius 3 is 2.67 bits per heavy atom. The van der Waals surface area contributed by atoms with Gasteiger partial charge in [0.15, 0.2) is 0 Å². The van der Waals surface area contributed by atoms with Gasteiger partial charge in [0, 0.05) is 17.6 Å². The van der Waals surface area contributed by atoms with Crippen molar-refractivity contribution in [3.8, 4) is 0 Å². The van der Waals surface area contributed by atoms with Crippen molar-refractivity contribution in [1.29, 1.82) is 0 Å². The van der Waals surface area contributed by atoms with Crippen LogP contribution < -0.4 is 5.73 Å². The molecule has 1 aromatic carbocycles. The molecule has 0 radical (unpaired) electrons. The summed E-state index contributed by atoms with van der Waals surface area (Å²) in [4.78, 5) is 2.19. The molecule has 2 rings (SSSR count). The lowest BCUT2D eigenvalue weighted by molar-refractivity contribution is 0.212. The van der Waals surface area contributed by atoms with Crippen molar-refractivity contribution in [2.75, 3.05) is 13.6 Å². The van der Waals surface area contributed by atoms with Crippen LogP contribution in [0.2, 0.25) is 0 Å². The van der Waals surface area contributed by atoms with Gasteiger partial charge in [0.25, 0.3) is 0 Å². The fourth-order valence-corrected chi connectivity index (χ4v) is 2.41. The second-order valence-corrected chi connectivity index (χ2v) is 5.13. The number of rotatable bonds is 5. The van der Waals surface area contributed by atoms with Crippen LogP contribution in [-0.2, 0) is 6.54 Å². The highest BCUT2D eigenvalue weighted by atomic mass is 79.9. The molecule has 4 heteroatoms. The number of hydrogen-bond donors (Lipinski definition) is 1. The summed E-state index contributed by atoms with van der Waals surface area (Å²) in [6.07, 6.45) is 1.68. The van der Waals surface area contributed by atoms with Crippen molar-refractivity contribution >= 4 is 15.9 Å². The number of furan rings is 1.